The van der Waals surface area contributed by atoms with Crippen LogP contribution in [0, 0.1) is 23.7 Å². The summed E-state index contributed by atoms with van der Waals surface area (Å²) in [5.74, 6) is 11.4. The van der Waals surface area contributed by atoms with Gasteiger partial charge in [0, 0.05) is 18.2 Å². The summed E-state index contributed by atoms with van der Waals surface area (Å²) >= 11 is 0. The summed E-state index contributed by atoms with van der Waals surface area (Å²) in [6, 6.07) is 9.78. The quantitative estimate of drug-likeness (QED) is 0.478. The summed E-state index contributed by atoms with van der Waals surface area (Å²) < 4.78 is 11.0. The minimum Gasteiger partial charge on any atom is -0.353 e. The molecule has 1 aromatic carbocycles. The maximum Gasteiger partial charge on any atom is 0.157 e. The van der Waals surface area contributed by atoms with Crippen molar-refractivity contribution in [3.63, 3.8) is 0 Å². The van der Waals surface area contributed by atoms with E-state index in [1.165, 1.54) is 6.42 Å². The maximum absolute atomic E-state index is 5.57. The number of benzene rings is 1. The van der Waals surface area contributed by atoms with Crippen molar-refractivity contribution in [2.75, 3.05) is 13.2 Å². The molecule has 0 bridgehead atoms. The van der Waals surface area contributed by atoms with E-state index in [1.807, 2.05) is 42.5 Å². The van der Waals surface area contributed by atoms with Crippen molar-refractivity contribution < 1.29 is 9.47 Å². The average molecular weight is 304 g/mol. The van der Waals surface area contributed by atoms with E-state index in [-0.39, 0.29) is 6.29 Å². The van der Waals surface area contributed by atoms with Gasteiger partial charge >= 0.3 is 0 Å². The number of hydrogen-bond acceptors (Lipinski definition) is 2. The third kappa shape index (κ3) is 7.91. The first-order valence-electron chi connectivity index (χ1n) is 7.81. The number of ether oxygens (including phenoxy) is 2. The Morgan fingerprint density at radius 2 is 2.09 bits per heavy atom. The monoisotopic (exact) mass is 304 g/mol. The summed E-state index contributed by atoms with van der Waals surface area (Å²) in [6.45, 7) is 1.36. The van der Waals surface area contributed by atoms with Crippen molar-refractivity contribution in [2.24, 2.45) is 0 Å². The molecular formula is C21H20O2. The molecular weight excluding hydrogens is 284 g/mol. The van der Waals surface area contributed by atoms with Gasteiger partial charge in [-0.15, -0.1) is 5.73 Å². The molecule has 0 aromatic heterocycles. The van der Waals surface area contributed by atoms with Crippen molar-refractivity contribution >= 4 is 0 Å². The first-order chi connectivity index (χ1) is 11.4. The first kappa shape index (κ1) is 16.9. The molecule has 0 amide bonds. The van der Waals surface area contributed by atoms with Crippen LogP contribution in [0.15, 0.2) is 60.4 Å². The lowest BCUT2D eigenvalue weighted by atomic mass is 10.2. The summed E-state index contributed by atoms with van der Waals surface area (Å²) in [7, 11) is 0. The Hall–Kier alpha value is -2.48. The van der Waals surface area contributed by atoms with Gasteiger partial charge in [-0.25, -0.2) is 0 Å². The molecule has 2 nitrogen and oxygen atoms in total. The molecule has 1 heterocycles. The van der Waals surface area contributed by atoms with Crippen LogP contribution in [-0.4, -0.2) is 19.5 Å². The Balaban J connectivity index is 1.65. The van der Waals surface area contributed by atoms with Gasteiger partial charge in [0.1, 0.15) is 0 Å². The molecule has 23 heavy (non-hydrogen) atoms. The smallest absolute Gasteiger partial charge is 0.157 e. The van der Waals surface area contributed by atoms with Crippen LogP contribution in [0.3, 0.4) is 0 Å². The van der Waals surface area contributed by atoms with Crippen LogP contribution in [0.1, 0.15) is 24.8 Å². The summed E-state index contributed by atoms with van der Waals surface area (Å²) in [5.41, 5.74) is 3.92. The van der Waals surface area contributed by atoms with Crippen molar-refractivity contribution in [3.05, 3.63) is 65.9 Å². The van der Waals surface area contributed by atoms with Crippen molar-refractivity contribution in [1.29, 1.82) is 0 Å². The fourth-order valence-electron chi connectivity index (χ4n) is 1.97. The van der Waals surface area contributed by atoms with E-state index in [9.17, 15) is 0 Å². The van der Waals surface area contributed by atoms with Gasteiger partial charge in [0.05, 0.1) is 6.61 Å². The number of rotatable bonds is 4. The van der Waals surface area contributed by atoms with Crippen LogP contribution in [0.25, 0.3) is 0 Å². The van der Waals surface area contributed by atoms with E-state index < -0.39 is 0 Å². The third-order valence-electron chi connectivity index (χ3n) is 3.12. The number of hydrogen-bond donors (Lipinski definition) is 0. The molecule has 1 aliphatic heterocycles. The van der Waals surface area contributed by atoms with Crippen molar-refractivity contribution in [2.45, 2.75) is 25.6 Å². The third-order valence-corrected chi connectivity index (χ3v) is 3.12. The van der Waals surface area contributed by atoms with Crippen LogP contribution in [-0.2, 0) is 9.47 Å². The van der Waals surface area contributed by atoms with Crippen LogP contribution in [0.5, 0.6) is 0 Å². The molecule has 1 fully saturated rings. The fourth-order valence-corrected chi connectivity index (χ4v) is 1.97. The zero-order valence-electron chi connectivity index (χ0n) is 13.1. The second kappa shape index (κ2) is 11.1. The van der Waals surface area contributed by atoms with Gasteiger partial charge in [-0.05, 0) is 49.3 Å². The molecule has 0 radical (unpaired) electrons. The Labute approximate surface area is 138 Å². The zero-order chi connectivity index (χ0) is 16.0. The summed E-state index contributed by atoms with van der Waals surface area (Å²) in [5, 5.41) is 0. The molecule has 1 aromatic rings. The molecule has 2 heteroatoms. The molecule has 1 saturated heterocycles. The Morgan fingerprint density at radius 1 is 1.17 bits per heavy atom. The van der Waals surface area contributed by atoms with Crippen LogP contribution in [0.4, 0.5) is 0 Å². The van der Waals surface area contributed by atoms with E-state index in [1.54, 1.807) is 12.2 Å². The topological polar surface area (TPSA) is 18.5 Å². The van der Waals surface area contributed by atoms with Crippen LogP contribution < -0.4 is 0 Å². The van der Waals surface area contributed by atoms with Crippen LogP contribution >= 0.6 is 0 Å². The lowest BCUT2D eigenvalue weighted by Gasteiger charge is -2.21. The standard InChI is InChI=1S/C21H20O2/c1(3-5-8-14-20-15-9-7-10-16-20)2-4-6-12-18-22-21-17-11-13-19-23-21/h1,4,6-7,9-10,12,15-16,21H,11,13,17-19H2. The number of allylic oxidation sites excluding steroid dienone is 2. The summed E-state index contributed by atoms with van der Waals surface area (Å²) in [6.07, 6.45) is 10.5. The average Bonchev–Trinajstić information content (AvgIpc) is 2.61. The molecule has 0 N–H and O–H groups in total. The van der Waals surface area contributed by atoms with Gasteiger partial charge in [0.15, 0.2) is 6.29 Å². The lowest BCUT2D eigenvalue weighted by molar-refractivity contribution is -0.155. The molecule has 0 aliphatic carbocycles. The minimum absolute atomic E-state index is 0.0398. The Morgan fingerprint density at radius 3 is 2.91 bits per heavy atom. The van der Waals surface area contributed by atoms with Gasteiger partial charge in [-0.2, -0.15) is 0 Å². The van der Waals surface area contributed by atoms with E-state index in [4.69, 9.17) is 9.47 Å². The minimum atomic E-state index is -0.0398. The van der Waals surface area contributed by atoms with E-state index >= 15 is 0 Å². The van der Waals surface area contributed by atoms with Gasteiger partial charge in [-0.3, -0.25) is 0 Å². The van der Waals surface area contributed by atoms with E-state index in [0.29, 0.717) is 6.61 Å². The maximum atomic E-state index is 5.57. The molecule has 0 saturated carbocycles. The molecule has 1 unspecified atom stereocenters. The second-order valence-electron chi connectivity index (χ2n) is 4.92. The predicted octanol–water partition coefficient (Wildman–Crippen LogP) is 3.85. The van der Waals surface area contributed by atoms with Crippen LogP contribution in [0.2, 0.25) is 0 Å². The fraction of sp³-hybridized carbons (Fsp3) is 0.286. The highest BCUT2D eigenvalue weighted by atomic mass is 16.7. The summed E-state index contributed by atoms with van der Waals surface area (Å²) in [4.78, 5) is 0. The second-order valence-corrected chi connectivity index (χ2v) is 4.92. The van der Waals surface area contributed by atoms with Gasteiger partial charge in [0.2, 0.25) is 0 Å². The first-order valence-corrected chi connectivity index (χ1v) is 7.81. The predicted molar refractivity (Wildman–Crippen MR) is 92.4 cm³/mol. The molecule has 116 valence electrons. The largest absolute Gasteiger partial charge is 0.353 e. The highest BCUT2D eigenvalue weighted by Crippen LogP contribution is 2.13. The SMILES string of the molecule is C(=CC#CC#Cc1ccccc1)=CC=CCOC1CCCCO1. The van der Waals surface area contributed by atoms with Gasteiger partial charge in [0.25, 0.3) is 0 Å². The van der Waals surface area contributed by atoms with E-state index in [0.717, 1.165) is 25.0 Å². The molecule has 1 atom stereocenters. The zero-order valence-corrected chi connectivity index (χ0v) is 13.1. The van der Waals surface area contributed by atoms with Gasteiger partial charge in [-0.1, -0.05) is 42.2 Å². The van der Waals surface area contributed by atoms with E-state index in [2.05, 4.69) is 29.4 Å². The van der Waals surface area contributed by atoms with Crippen molar-refractivity contribution in [1.82, 2.24) is 0 Å². The molecule has 2 rings (SSSR count). The molecule has 1 aliphatic rings. The highest BCUT2D eigenvalue weighted by Gasteiger charge is 2.12. The van der Waals surface area contributed by atoms with Crippen molar-refractivity contribution in [3.8, 4) is 23.7 Å². The lowest BCUT2D eigenvalue weighted by Crippen LogP contribution is -2.22. The van der Waals surface area contributed by atoms with Gasteiger partial charge < -0.3 is 9.47 Å². The normalized spacial score (nSPS) is 16.4. The highest BCUT2D eigenvalue weighted by molar-refractivity contribution is 5.40. The molecule has 0 spiro atoms. The Bertz CT molecular complexity index is 665. The Kier molecular flexibility index (Phi) is 8.17.